The first-order chi connectivity index (χ1) is 13.0. The number of amides is 1. The van der Waals surface area contributed by atoms with E-state index in [9.17, 15) is 9.59 Å². The normalized spacial score (nSPS) is 10.2. The molecule has 0 radical (unpaired) electrons. The van der Waals surface area contributed by atoms with Gasteiger partial charge in [-0.15, -0.1) is 0 Å². The quantitative estimate of drug-likeness (QED) is 0.507. The molecule has 1 amide bonds. The second-order valence-electron chi connectivity index (χ2n) is 5.54. The minimum Gasteiger partial charge on any atom is -0.493 e. The van der Waals surface area contributed by atoms with Crippen molar-refractivity contribution in [3.63, 3.8) is 0 Å². The predicted molar refractivity (Wildman–Crippen MR) is 100 cm³/mol. The number of pyridine rings is 1. The summed E-state index contributed by atoms with van der Waals surface area (Å²) in [6.07, 6.45) is 1.30. The van der Waals surface area contributed by atoms with Crippen LogP contribution in [0.25, 0.3) is 0 Å². The summed E-state index contributed by atoms with van der Waals surface area (Å²) in [6, 6.07) is 8.40. The van der Waals surface area contributed by atoms with Gasteiger partial charge in [-0.05, 0) is 36.8 Å². The molecule has 0 atom stereocenters. The van der Waals surface area contributed by atoms with Crippen LogP contribution in [0.15, 0.2) is 36.5 Å². The zero-order chi connectivity index (χ0) is 19.8. The van der Waals surface area contributed by atoms with E-state index < -0.39 is 5.97 Å². The molecule has 0 spiro atoms. The van der Waals surface area contributed by atoms with E-state index in [2.05, 4.69) is 4.98 Å². The molecule has 0 fully saturated rings. The minimum absolute atomic E-state index is 0.232. The molecule has 7 nitrogen and oxygen atoms in total. The van der Waals surface area contributed by atoms with Crippen molar-refractivity contribution < 1.29 is 23.8 Å². The van der Waals surface area contributed by atoms with Gasteiger partial charge in [0.15, 0.2) is 18.1 Å². The summed E-state index contributed by atoms with van der Waals surface area (Å²) in [5.41, 5.74) is 1.10. The summed E-state index contributed by atoms with van der Waals surface area (Å²) in [5.74, 6) is 0.263. The molecule has 1 heterocycles. The molecule has 0 unspecified atom stereocenters. The van der Waals surface area contributed by atoms with Crippen molar-refractivity contribution in [2.24, 2.45) is 0 Å². The molecule has 0 aliphatic heterocycles. The number of nitrogens with zero attached hydrogens (tertiary/aromatic N) is 2. The number of carbonyl (C=O) groups excluding carboxylic acids is 2. The first-order valence-electron chi connectivity index (χ1n) is 8.25. The number of esters is 1. The Kier molecular flexibility index (Phi) is 7.43. The zero-order valence-electron chi connectivity index (χ0n) is 15.4. The van der Waals surface area contributed by atoms with Crippen molar-refractivity contribution >= 4 is 23.5 Å². The summed E-state index contributed by atoms with van der Waals surface area (Å²) in [7, 11) is 3.11. The summed E-state index contributed by atoms with van der Waals surface area (Å²) in [6.45, 7) is 2.31. The van der Waals surface area contributed by atoms with Gasteiger partial charge in [0.25, 0.3) is 5.91 Å². The van der Waals surface area contributed by atoms with E-state index >= 15 is 0 Å². The maximum atomic E-state index is 12.4. The molecular weight excluding hydrogens is 372 g/mol. The number of methoxy groups -OCH3 is 2. The van der Waals surface area contributed by atoms with Gasteiger partial charge in [-0.25, -0.2) is 9.78 Å². The van der Waals surface area contributed by atoms with E-state index in [-0.39, 0.29) is 23.2 Å². The average molecular weight is 393 g/mol. The minimum atomic E-state index is -0.630. The average Bonchev–Trinajstić information content (AvgIpc) is 2.70. The van der Waals surface area contributed by atoms with Gasteiger partial charge in [-0.2, -0.15) is 0 Å². The third-order valence-electron chi connectivity index (χ3n) is 3.85. The summed E-state index contributed by atoms with van der Waals surface area (Å²) in [4.78, 5) is 29.8. The SMILES string of the molecule is CCN(Cc1ccc(OC)c(OC)c1)C(=O)COC(=O)c1ccc(Cl)nc1. The number of rotatable bonds is 8. The van der Waals surface area contributed by atoms with Crippen molar-refractivity contribution in [2.45, 2.75) is 13.5 Å². The van der Waals surface area contributed by atoms with Crippen LogP contribution in [0.5, 0.6) is 11.5 Å². The first-order valence-corrected chi connectivity index (χ1v) is 8.63. The maximum Gasteiger partial charge on any atom is 0.340 e. The van der Waals surface area contributed by atoms with E-state index in [0.29, 0.717) is 24.6 Å². The van der Waals surface area contributed by atoms with Crippen molar-refractivity contribution in [1.29, 1.82) is 0 Å². The van der Waals surface area contributed by atoms with Crippen LogP contribution in [0.2, 0.25) is 5.15 Å². The van der Waals surface area contributed by atoms with Crippen LogP contribution in [-0.2, 0) is 16.1 Å². The van der Waals surface area contributed by atoms with Gasteiger partial charge in [0.05, 0.1) is 19.8 Å². The lowest BCUT2D eigenvalue weighted by molar-refractivity contribution is -0.134. The zero-order valence-corrected chi connectivity index (χ0v) is 16.2. The van der Waals surface area contributed by atoms with Gasteiger partial charge in [0, 0.05) is 19.3 Å². The predicted octanol–water partition coefficient (Wildman–Crippen LogP) is 2.96. The van der Waals surface area contributed by atoms with Crippen LogP contribution in [0.4, 0.5) is 0 Å². The number of halogens is 1. The fourth-order valence-electron chi connectivity index (χ4n) is 2.37. The molecule has 27 heavy (non-hydrogen) atoms. The number of carbonyl (C=O) groups is 2. The Morgan fingerprint density at radius 1 is 1.11 bits per heavy atom. The Labute approximate surface area is 162 Å². The number of hydrogen-bond donors (Lipinski definition) is 0. The van der Waals surface area contributed by atoms with Crippen molar-refractivity contribution in [1.82, 2.24) is 9.88 Å². The summed E-state index contributed by atoms with van der Waals surface area (Å²) >= 11 is 5.68. The standard InChI is InChI=1S/C19H21ClN2O5/c1-4-22(11-13-5-7-15(25-2)16(9-13)26-3)18(23)12-27-19(24)14-6-8-17(20)21-10-14/h5-10H,4,11-12H2,1-3H3. The summed E-state index contributed by atoms with van der Waals surface area (Å²) in [5, 5.41) is 0.273. The highest BCUT2D eigenvalue weighted by molar-refractivity contribution is 6.29. The molecule has 144 valence electrons. The molecule has 0 saturated carbocycles. The van der Waals surface area contributed by atoms with Gasteiger partial charge >= 0.3 is 5.97 Å². The van der Waals surface area contributed by atoms with E-state index in [4.69, 9.17) is 25.8 Å². The van der Waals surface area contributed by atoms with Crippen molar-refractivity contribution in [3.8, 4) is 11.5 Å². The molecule has 2 rings (SSSR count). The Hall–Kier alpha value is -2.80. The molecule has 0 aliphatic rings. The Morgan fingerprint density at radius 2 is 1.85 bits per heavy atom. The molecular formula is C19H21ClN2O5. The lowest BCUT2D eigenvalue weighted by Gasteiger charge is -2.21. The molecule has 2 aromatic rings. The third-order valence-corrected chi connectivity index (χ3v) is 4.07. The highest BCUT2D eigenvalue weighted by atomic mass is 35.5. The Morgan fingerprint density at radius 3 is 2.44 bits per heavy atom. The van der Waals surface area contributed by atoms with E-state index in [1.54, 1.807) is 31.3 Å². The Balaban J connectivity index is 1.97. The molecule has 1 aromatic heterocycles. The highest BCUT2D eigenvalue weighted by Gasteiger charge is 2.17. The molecule has 0 saturated heterocycles. The van der Waals surface area contributed by atoms with Crippen LogP contribution in [-0.4, -0.2) is 49.1 Å². The fourth-order valence-corrected chi connectivity index (χ4v) is 2.49. The molecule has 0 bridgehead atoms. The fraction of sp³-hybridized carbons (Fsp3) is 0.316. The second kappa shape index (κ2) is 9.78. The van der Waals surface area contributed by atoms with Crippen molar-refractivity contribution in [3.05, 3.63) is 52.8 Å². The number of hydrogen-bond acceptors (Lipinski definition) is 6. The number of ether oxygens (including phenoxy) is 3. The van der Waals surface area contributed by atoms with Crippen LogP contribution in [0.1, 0.15) is 22.8 Å². The van der Waals surface area contributed by atoms with E-state index in [1.165, 1.54) is 18.3 Å². The number of likely N-dealkylation sites (N-methyl/N-ethyl adjacent to an activating group) is 1. The van der Waals surface area contributed by atoms with Crippen LogP contribution >= 0.6 is 11.6 Å². The van der Waals surface area contributed by atoms with Gasteiger partial charge in [-0.3, -0.25) is 4.79 Å². The first kappa shape index (κ1) is 20.5. The topological polar surface area (TPSA) is 78.0 Å². The lowest BCUT2D eigenvalue weighted by atomic mass is 10.2. The molecule has 8 heteroatoms. The molecule has 0 N–H and O–H groups in total. The highest BCUT2D eigenvalue weighted by Crippen LogP contribution is 2.28. The van der Waals surface area contributed by atoms with Crippen LogP contribution in [0.3, 0.4) is 0 Å². The van der Waals surface area contributed by atoms with Crippen LogP contribution < -0.4 is 9.47 Å². The second-order valence-corrected chi connectivity index (χ2v) is 5.93. The van der Waals surface area contributed by atoms with Gasteiger partial charge in [0.1, 0.15) is 5.15 Å². The van der Waals surface area contributed by atoms with Gasteiger partial charge < -0.3 is 19.1 Å². The number of aromatic nitrogens is 1. The van der Waals surface area contributed by atoms with Gasteiger partial charge in [0.2, 0.25) is 0 Å². The van der Waals surface area contributed by atoms with Crippen LogP contribution in [0, 0.1) is 0 Å². The third kappa shape index (κ3) is 5.59. The molecule has 0 aliphatic carbocycles. The van der Waals surface area contributed by atoms with Crippen molar-refractivity contribution in [2.75, 3.05) is 27.4 Å². The monoisotopic (exact) mass is 392 g/mol. The van der Waals surface area contributed by atoms with E-state index in [0.717, 1.165) is 5.56 Å². The largest absolute Gasteiger partial charge is 0.493 e. The Bertz CT molecular complexity index is 795. The molecule has 1 aromatic carbocycles. The van der Waals surface area contributed by atoms with Gasteiger partial charge in [-0.1, -0.05) is 17.7 Å². The lowest BCUT2D eigenvalue weighted by Crippen LogP contribution is -2.34. The summed E-state index contributed by atoms with van der Waals surface area (Å²) < 4.78 is 15.6. The smallest absolute Gasteiger partial charge is 0.340 e. The maximum absolute atomic E-state index is 12.4. The number of benzene rings is 1. The van der Waals surface area contributed by atoms with E-state index in [1.807, 2.05) is 13.0 Å².